The third-order valence-corrected chi connectivity index (χ3v) is 4.77. The van der Waals surface area contributed by atoms with Crippen LogP contribution in [0.25, 0.3) is 0 Å². The van der Waals surface area contributed by atoms with Crippen LogP contribution in [0.1, 0.15) is 28.2 Å². The van der Waals surface area contributed by atoms with Gasteiger partial charge in [-0.15, -0.1) is 10.2 Å². The number of hydrogen-bond donors (Lipinski definition) is 2. The minimum absolute atomic E-state index is 0.180. The second kappa shape index (κ2) is 8.72. The number of anilines is 1. The number of amides is 2. The molecule has 3 rings (SSSR count). The largest absolute Gasteiger partial charge is 0.497 e. The first-order valence-corrected chi connectivity index (χ1v) is 9.14. The van der Waals surface area contributed by atoms with Gasteiger partial charge in [-0.2, -0.15) is 0 Å². The van der Waals surface area contributed by atoms with E-state index in [1.54, 1.807) is 31.4 Å². The summed E-state index contributed by atoms with van der Waals surface area (Å²) in [5.74, 6) is 0.269. The molecule has 0 saturated carbocycles. The van der Waals surface area contributed by atoms with Crippen LogP contribution in [0.15, 0.2) is 24.3 Å². The lowest BCUT2D eigenvalue weighted by Crippen LogP contribution is -2.26. The van der Waals surface area contributed by atoms with Crippen molar-refractivity contribution < 1.29 is 19.1 Å². The molecule has 0 bridgehead atoms. The van der Waals surface area contributed by atoms with Gasteiger partial charge in [-0.25, -0.2) is 0 Å². The van der Waals surface area contributed by atoms with Crippen LogP contribution in [0.3, 0.4) is 0 Å². The molecule has 2 N–H and O–H groups in total. The summed E-state index contributed by atoms with van der Waals surface area (Å²) in [5.41, 5.74) is 0.533. The molecule has 26 heavy (non-hydrogen) atoms. The molecule has 8 nitrogen and oxygen atoms in total. The number of nitrogens with zero attached hydrogens (tertiary/aromatic N) is 2. The first-order valence-electron chi connectivity index (χ1n) is 8.33. The molecule has 2 aromatic rings. The van der Waals surface area contributed by atoms with Gasteiger partial charge in [-0.3, -0.25) is 14.9 Å². The molecule has 1 saturated heterocycles. The van der Waals surface area contributed by atoms with Gasteiger partial charge >= 0.3 is 0 Å². The summed E-state index contributed by atoms with van der Waals surface area (Å²) < 4.78 is 10.4. The van der Waals surface area contributed by atoms with Crippen LogP contribution < -0.4 is 15.4 Å². The van der Waals surface area contributed by atoms with Crippen LogP contribution in [0, 0.1) is 0 Å². The van der Waals surface area contributed by atoms with Gasteiger partial charge in [0.2, 0.25) is 5.13 Å². The Morgan fingerprint density at radius 2 is 2.27 bits per heavy atom. The fourth-order valence-electron chi connectivity index (χ4n) is 2.52. The Bertz CT molecular complexity index is 774. The van der Waals surface area contributed by atoms with Crippen molar-refractivity contribution in [2.45, 2.75) is 25.4 Å². The summed E-state index contributed by atoms with van der Waals surface area (Å²) in [6.07, 6.45) is 1.76. The Morgan fingerprint density at radius 1 is 1.38 bits per heavy atom. The lowest BCUT2D eigenvalue weighted by atomic mass is 10.2. The van der Waals surface area contributed by atoms with Crippen molar-refractivity contribution in [2.24, 2.45) is 0 Å². The van der Waals surface area contributed by atoms with Gasteiger partial charge in [0.1, 0.15) is 16.9 Å². The first kappa shape index (κ1) is 18.3. The van der Waals surface area contributed by atoms with Gasteiger partial charge in [-0.1, -0.05) is 17.4 Å². The van der Waals surface area contributed by atoms with Gasteiger partial charge in [0.05, 0.1) is 7.11 Å². The zero-order chi connectivity index (χ0) is 18.4. The van der Waals surface area contributed by atoms with E-state index in [0.29, 0.717) is 36.0 Å². The quantitative estimate of drug-likeness (QED) is 0.762. The van der Waals surface area contributed by atoms with Gasteiger partial charge in [-0.05, 0) is 31.0 Å². The number of nitrogens with one attached hydrogen (secondary N) is 2. The molecular weight excluding hydrogens is 356 g/mol. The van der Waals surface area contributed by atoms with Crippen LogP contribution in [0.4, 0.5) is 5.13 Å². The summed E-state index contributed by atoms with van der Waals surface area (Å²) in [5, 5.41) is 14.7. The van der Waals surface area contributed by atoms with Crippen molar-refractivity contribution in [3.8, 4) is 5.75 Å². The van der Waals surface area contributed by atoms with Gasteiger partial charge < -0.3 is 14.8 Å². The van der Waals surface area contributed by atoms with Crippen LogP contribution in [-0.4, -0.2) is 48.4 Å². The minimum Gasteiger partial charge on any atom is -0.497 e. The standard InChI is InChI=1S/C17H20N4O4S/c1-24-12-5-2-4-11(10-12)15(22)18-8-7-14-20-21-17(26-14)19-16(23)13-6-3-9-25-13/h2,4-5,10,13H,3,6-9H2,1H3,(H,18,22)(H,19,21,23). The summed E-state index contributed by atoms with van der Waals surface area (Å²) in [6.45, 7) is 1.04. The van der Waals surface area contributed by atoms with E-state index in [1.165, 1.54) is 11.3 Å². The monoisotopic (exact) mass is 376 g/mol. The molecule has 1 unspecified atom stereocenters. The van der Waals surface area contributed by atoms with E-state index in [0.717, 1.165) is 17.8 Å². The van der Waals surface area contributed by atoms with E-state index in [-0.39, 0.29) is 11.8 Å². The highest BCUT2D eigenvalue weighted by molar-refractivity contribution is 7.15. The molecule has 0 spiro atoms. The predicted molar refractivity (Wildman–Crippen MR) is 96.5 cm³/mol. The maximum absolute atomic E-state index is 12.1. The van der Waals surface area contributed by atoms with Crippen LogP contribution in [-0.2, 0) is 16.0 Å². The van der Waals surface area contributed by atoms with Crippen LogP contribution >= 0.6 is 11.3 Å². The zero-order valence-corrected chi connectivity index (χ0v) is 15.2. The van der Waals surface area contributed by atoms with Gasteiger partial charge in [0, 0.05) is 25.1 Å². The topological polar surface area (TPSA) is 102 Å². The van der Waals surface area contributed by atoms with Gasteiger partial charge in [0.15, 0.2) is 0 Å². The third-order valence-electron chi connectivity index (χ3n) is 3.88. The minimum atomic E-state index is -0.399. The second-order valence-electron chi connectivity index (χ2n) is 5.73. The summed E-state index contributed by atoms with van der Waals surface area (Å²) in [4.78, 5) is 24.1. The number of carbonyl (C=O) groups is 2. The van der Waals surface area contributed by atoms with Crippen LogP contribution in [0.5, 0.6) is 5.75 Å². The highest BCUT2D eigenvalue weighted by atomic mass is 32.1. The van der Waals surface area contributed by atoms with E-state index in [4.69, 9.17) is 9.47 Å². The molecule has 1 fully saturated rings. The lowest BCUT2D eigenvalue weighted by Gasteiger charge is -2.07. The maximum Gasteiger partial charge on any atom is 0.255 e. The molecule has 1 aliphatic rings. The van der Waals surface area contributed by atoms with E-state index < -0.39 is 6.10 Å². The van der Waals surface area contributed by atoms with Crippen molar-refractivity contribution in [3.05, 3.63) is 34.8 Å². The predicted octanol–water partition coefficient (Wildman–Crippen LogP) is 1.64. The summed E-state index contributed by atoms with van der Waals surface area (Å²) in [7, 11) is 1.56. The fourth-order valence-corrected chi connectivity index (χ4v) is 3.27. The molecule has 0 aliphatic carbocycles. The number of hydrogen-bond acceptors (Lipinski definition) is 7. The Morgan fingerprint density at radius 3 is 3.04 bits per heavy atom. The highest BCUT2D eigenvalue weighted by Crippen LogP contribution is 2.19. The van der Waals surface area contributed by atoms with E-state index in [2.05, 4.69) is 20.8 Å². The molecule has 1 aromatic heterocycles. The van der Waals surface area contributed by atoms with Crippen LogP contribution in [0.2, 0.25) is 0 Å². The average Bonchev–Trinajstić information content (AvgIpc) is 3.34. The Hall–Kier alpha value is -2.52. The van der Waals surface area contributed by atoms with E-state index in [9.17, 15) is 9.59 Å². The number of benzene rings is 1. The third kappa shape index (κ3) is 4.77. The van der Waals surface area contributed by atoms with E-state index in [1.807, 2.05) is 0 Å². The lowest BCUT2D eigenvalue weighted by molar-refractivity contribution is -0.124. The van der Waals surface area contributed by atoms with Crippen molar-refractivity contribution in [2.75, 3.05) is 25.6 Å². The molecule has 0 radical (unpaired) electrons. The molecule has 2 heterocycles. The summed E-state index contributed by atoms with van der Waals surface area (Å²) in [6, 6.07) is 6.95. The SMILES string of the molecule is COc1cccc(C(=O)NCCc2nnc(NC(=O)C3CCCO3)s2)c1. The molecule has 1 atom stereocenters. The normalized spacial score (nSPS) is 16.3. The maximum atomic E-state index is 12.1. The number of aromatic nitrogens is 2. The van der Waals surface area contributed by atoms with Gasteiger partial charge in [0.25, 0.3) is 11.8 Å². The van der Waals surface area contributed by atoms with E-state index >= 15 is 0 Å². The molecular formula is C17H20N4O4S. The Balaban J connectivity index is 1.45. The molecule has 138 valence electrons. The Labute approximate surface area is 154 Å². The highest BCUT2D eigenvalue weighted by Gasteiger charge is 2.24. The molecule has 1 aromatic carbocycles. The molecule has 1 aliphatic heterocycles. The number of rotatable bonds is 7. The number of ether oxygens (including phenoxy) is 2. The first-order chi connectivity index (χ1) is 12.7. The summed E-state index contributed by atoms with van der Waals surface area (Å²) >= 11 is 1.29. The number of methoxy groups -OCH3 is 1. The van der Waals surface area contributed by atoms with Crippen molar-refractivity contribution in [3.63, 3.8) is 0 Å². The fraction of sp³-hybridized carbons (Fsp3) is 0.412. The van der Waals surface area contributed by atoms with Crippen molar-refractivity contribution in [1.29, 1.82) is 0 Å². The molecule has 9 heteroatoms. The average molecular weight is 376 g/mol. The van der Waals surface area contributed by atoms with Crippen molar-refractivity contribution in [1.82, 2.24) is 15.5 Å². The Kier molecular flexibility index (Phi) is 6.13. The second-order valence-corrected chi connectivity index (χ2v) is 6.79. The molecule has 2 amide bonds. The zero-order valence-electron chi connectivity index (χ0n) is 14.4. The smallest absolute Gasteiger partial charge is 0.255 e. The number of carbonyl (C=O) groups excluding carboxylic acids is 2. The van der Waals surface area contributed by atoms with Crippen molar-refractivity contribution >= 4 is 28.3 Å².